The van der Waals surface area contributed by atoms with Crippen molar-refractivity contribution in [1.82, 2.24) is 9.55 Å². The molecule has 3 nitrogen and oxygen atoms in total. The molecule has 68 valence electrons. The number of hydrogen-bond donors (Lipinski definition) is 1. The van der Waals surface area contributed by atoms with Gasteiger partial charge in [0.2, 0.25) is 0 Å². The highest BCUT2D eigenvalue weighted by molar-refractivity contribution is 5.09. The quantitative estimate of drug-likeness (QED) is 0.704. The standard InChI is InChI=1S/C10H12N2O/c1-2-3-10(13)9-6-11-7-12(9)8-4-5-8/h1,6-8,10,13H,3-5H2. The molecular weight excluding hydrogens is 164 g/mol. The first-order valence-corrected chi connectivity index (χ1v) is 4.46. The molecular formula is C10H12N2O. The molecule has 0 aromatic carbocycles. The van der Waals surface area contributed by atoms with Crippen molar-refractivity contribution in [2.75, 3.05) is 0 Å². The van der Waals surface area contributed by atoms with Crippen LogP contribution in [0.1, 0.15) is 37.1 Å². The van der Waals surface area contributed by atoms with Crippen LogP contribution in [-0.4, -0.2) is 14.7 Å². The Hall–Kier alpha value is -1.27. The van der Waals surface area contributed by atoms with Gasteiger partial charge in [0.25, 0.3) is 0 Å². The van der Waals surface area contributed by atoms with Crippen LogP contribution < -0.4 is 0 Å². The second-order valence-electron chi connectivity index (χ2n) is 3.38. The fourth-order valence-electron chi connectivity index (χ4n) is 1.45. The number of terminal acetylenes is 1. The number of nitrogens with zero attached hydrogens (tertiary/aromatic N) is 2. The van der Waals surface area contributed by atoms with Crippen molar-refractivity contribution >= 4 is 0 Å². The van der Waals surface area contributed by atoms with Crippen LogP contribution in [0.5, 0.6) is 0 Å². The summed E-state index contributed by atoms with van der Waals surface area (Å²) in [5.74, 6) is 2.45. The number of aliphatic hydroxyl groups excluding tert-OH is 1. The molecule has 0 amide bonds. The lowest BCUT2D eigenvalue weighted by molar-refractivity contribution is 0.174. The van der Waals surface area contributed by atoms with Crippen LogP contribution in [-0.2, 0) is 0 Å². The number of imidazole rings is 1. The Kier molecular flexibility index (Phi) is 2.07. The predicted molar refractivity (Wildman–Crippen MR) is 48.9 cm³/mol. The number of rotatable bonds is 3. The topological polar surface area (TPSA) is 38.1 Å². The molecule has 1 aliphatic carbocycles. The van der Waals surface area contributed by atoms with E-state index in [-0.39, 0.29) is 0 Å². The van der Waals surface area contributed by atoms with Crippen molar-refractivity contribution in [3.05, 3.63) is 18.2 Å². The van der Waals surface area contributed by atoms with E-state index in [1.807, 2.05) is 4.57 Å². The maximum absolute atomic E-state index is 9.66. The lowest BCUT2D eigenvalue weighted by atomic mass is 10.2. The van der Waals surface area contributed by atoms with E-state index in [9.17, 15) is 5.11 Å². The number of aromatic nitrogens is 2. The average Bonchev–Trinajstić information content (AvgIpc) is 2.84. The van der Waals surface area contributed by atoms with Gasteiger partial charge in [-0.3, -0.25) is 0 Å². The summed E-state index contributed by atoms with van der Waals surface area (Å²) in [6.07, 6.45) is 10.8. The molecule has 0 radical (unpaired) electrons. The van der Waals surface area contributed by atoms with Crippen LogP contribution in [0.2, 0.25) is 0 Å². The van der Waals surface area contributed by atoms with Crippen molar-refractivity contribution in [2.45, 2.75) is 31.4 Å². The minimum absolute atomic E-state index is 0.360. The first-order chi connectivity index (χ1) is 6.33. The van der Waals surface area contributed by atoms with Gasteiger partial charge in [-0.1, -0.05) is 0 Å². The molecule has 1 heterocycles. The molecule has 13 heavy (non-hydrogen) atoms. The minimum Gasteiger partial charge on any atom is -0.386 e. The molecule has 1 aliphatic rings. The van der Waals surface area contributed by atoms with E-state index in [2.05, 4.69) is 10.9 Å². The van der Waals surface area contributed by atoms with Gasteiger partial charge in [-0.05, 0) is 12.8 Å². The molecule has 1 saturated carbocycles. The van der Waals surface area contributed by atoms with Gasteiger partial charge >= 0.3 is 0 Å². The fourth-order valence-corrected chi connectivity index (χ4v) is 1.45. The molecule has 1 N–H and O–H groups in total. The summed E-state index contributed by atoms with van der Waals surface area (Å²) in [5.41, 5.74) is 0.848. The highest BCUT2D eigenvalue weighted by Crippen LogP contribution is 2.37. The van der Waals surface area contributed by atoms with E-state index in [1.54, 1.807) is 12.5 Å². The zero-order chi connectivity index (χ0) is 9.26. The molecule has 1 unspecified atom stereocenters. The van der Waals surface area contributed by atoms with E-state index in [0.29, 0.717) is 12.5 Å². The molecule has 0 aliphatic heterocycles. The van der Waals surface area contributed by atoms with Crippen LogP contribution in [0.4, 0.5) is 0 Å². The maximum atomic E-state index is 9.66. The third-order valence-electron chi connectivity index (χ3n) is 2.29. The maximum Gasteiger partial charge on any atom is 0.106 e. The van der Waals surface area contributed by atoms with Crippen molar-refractivity contribution < 1.29 is 5.11 Å². The van der Waals surface area contributed by atoms with Gasteiger partial charge in [0.1, 0.15) is 6.10 Å². The zero-order valence-electron chi connectivity index (χ0n) is 7.35. The molecule has 2 rings (SSSR count). The van der Waals surface area contributed by atoms with E-state index in [1.165, 1.54) is 12.8 Å². The Bertz CT molecular complexity index is 333. The van der Waals surface area contributed by atoms with E-state index in [0.717, 1.165) is 5.69 Å². The van der Waals surface area contributed by atoms with E-state index in [4.69, 9.17) is 6.42 Å². The van der Waals surface area contributed by atoms with Gasteiger partial charge < -0.3 is 9.67 Å². The van der Waals surface area contributed by atoms with Gasteiger partial charge in [0, 0.05) is 12.5 Å². The summed E-state index contributed by atoms with van der Waals surface area (Å²) in [4.78, 5) is 4.02. The predicted octanol–water partition coefficient (Wildman–Crippen LogP) is 1.27. The average molecular weight is 176 g/mol. The summed E-state index contributed by atoms with van der Waals surface area (Å²) < 4.78 is 2.03. The lowest BCUT2D eigenvalue weighted by Crippen LogP contribution is -2.04. The lowest BCUT2D eigenvalue weighted by Gasteiger charge is -2.10. The first kappa shape index (κ1) is 8.33. The smallest absolute Gasteiger partial charge is 0.106 e. The van der Waals surface area contributed by atoms with Crippen LogP contribution in [0.3, 0.4) is 0 Å². The monoisotopic (exact) mass is 176 g/mol. The van der Waals surface area contributed by atoms with Crippen LogP contribution in [0.25, 0.3) is 0 Å². The zero-order valence-corrected chi connectivity index (χ0v) is 7.35. The Morgan fingerprint density at radius 1 is 1.77 bits per heavy atom. The SMILES string of the molecule is C#CCC(O)c1cncn1C1CC1. The van der Waals surface area contributed by atoms with Gasteiger partial charge in [-0.2, -0.15) is 0 Å². The van der Waals surface area contributed by atoms with Gasteiger partial charge in [0.05, 0.1) is 18.2 Å². The second kappa shape index (κ2) is 3.23. The van der Waals surface area contributed by atoms with E-state index >= 15 is 0 Å². The normalized spacial score (nSPS) is 18.2. The molecule has 1 fully saturated rings. The van der Waals surface area contributed by atoms with Crippen molar-refractivity contribution in [3.8, 4) is 12.3 Å². The summed E-state index contributed by atoms with van der Waals surface area (Å²) >= 11 is 0. The van der Waals surface area contributed by atoms with Gasteiger partial charge in [-0.15, -0.1) is 12.3 Å². The largest absolute Gasteiger partial charge is 0.386 e. The summed E-state index contributed by atoms with van der Waals surface area (Å²) in [7, 11) is 0. The molecule has 3 heteroatoms. The highest BCUT2D eigenvalue weighted by atomic mass is 16.3. The van der Waals surface area contributed by atoms with Crippen molar-refractivity contribution in [1.29, 1.82) is 0 Å². The van der Waals surface area contributed by atoms with Crippen LogP contribution in [0.15, 0.2) is 12.5 Å². The minimum atomic E-state index is -0.562. The first-order valence-electron chi connectivity index (χ1n) is 4.46. The van der Waals surface area contributed by atoms with E-state index < -0.39 is 6.10 Å². The highest BCUT2D eigenvalue weighted by Gasteiger charge is 2.26. The molecule has 0 spiro atoms. The van der Waals surface area contributed by atoms with Crippen LogP contribution in [0, 0.1) is 12.3 Å². The molecule has 1 aromatic heterocycles. The summed E-state index contributed by atoms with van der Waals surface area (Å²) in [6.45, 7) is 0. The Balaban J connectivity index is 2.19. The number of hydrogen-bond acceptors (Lipinski definition) is 2. The Labute approximate surface area is 77.4 Å². The summed E-state index contributed by atoms with van der Waals surface area (Å²) in [5, 5.41) is 9.66. The molecule has 1 atom stereocenters. The van der Waals surface area contributed by atoms with Crippen LogP contribution >= 0.6 is 0 Å². The number of aliphatic hydroxyl groups is 1. The molecule has 0 bridgehead atoms. The third-order valence-corrected chi connectivity index (χ3v) is 2.29. The molecule has 0 saturated heterocycles. The van der Waals surface area contributed by atoms with Crippen molar-refractivity contribution in [3.63, 3.8) is 0 Å². The Morgan fingerprint density at radius 3 is 3.15 bits per heavy atom. The van der Waals surface area contributed by atoms with Gasteiger partial charge in [-0.25, -0.2) is 4.98 Å². The fraction of sp³-hybridized carbons (Fsp3) is 0.500. The molecule has 1 aromatic rings. The Morgan fingerprint density at radius 2 is 2.54 bits per heavy atom. The van der Waals surface area contributed by atoms with Gasteiger partial charge in [0.15, 0.2) is 0 Å². The second-order valence-corrected chi connectivity index (χ2v) is 3.38. The summed E-state index contributed by atoms with van der Waals surface area (Å²) in [6, 6.07) is 0.546. The third kappa shape index (κ3) is 1.58. The van der Waals surface area contributed by atoms with Crippen molar-refractivity contribution in [2.24, 2.45) is 0 Å².